The van der Waals surface area contributed by atoms with Gasteiger partial charge in [0.25, 0.3) is 0 Å². The highest BCUT2D eigenvalue weighted by molar-refractivity contribution is 5.29. The second kappa shape index (κ2) is 5.83. The number of aryl methyl sites for hydroxylation is 2. The normalized spacial score (nSPS) is 25.3. The monoisotopic (exact) mass is 248 g/mol. The summed E-state index contributed by atoms with van der Waals surface area (Å²) >= 11 is 0. The van der Waals surface area contributed by atoms with Gasteiger partial charge in [0.15, 0.2) is 0 Å². The largest absolute Gasteiger partial charge is 0.378 e. The molecule has 0 aliphatic carbocycles. The first kappa shape index (κ1) is 13.5. The van der Waals surface area contributed by atoms with E-state index in [2.05, 4.69) is 44.4 Å². The Morgan fingerprint density at radius 1 is 1.33 bits per heavy atom. The topological polar surface area (TPSA) is 47.3 Å². The van der Waals surface area contributed by atoms with E-state index in [1.54, 1.807) is 0 Å². The maximum Gasteiger partial charge on any atom is 0.0591 e. The zero-order valence-corrected chi connectivity index (χ0v) is 11.6. The predicted octanol–water partition coefficient (Wildman–Crippen LogP) is 2.10. The van der Waals surface area contributed by atoms with Crippen LogP contribution in [0.3, 0.4) is 0 Å². The Balaban J connectivity index is 2.09. The summed E-state index contributed by atoms with van der Waals surface area (Å²) in [6, 6.07) is 6.99. The van der Waals surface area contributed by atoms with E-state index in [0.29, 0.717) is 18.1 Å². The van der Waals surface area contributed by atoms with Crippen LogP contribution in [0.5, 0.6) is 0 Å². The quantitative estimate of drug-likeness (QED) is 0.633. The molecular formula is C15H24N2O. The maximum absolute atomic E-state index is 5.73. The van der Waals surface area contributed by atoms with E-state index < -0.39 is 0 Å². The van der Waals surface area contributed by atoms with Crippen LogP contribution in [-0.2, 0) is 11.2 Å². The molecule has 3 nitrogen and oxygen atoms in total. The third-order valence-electron chi connectivity index (χ3n) is 3.90. The molecule has 2 rings (SSSR count). The van der Waals surface area contributed by atoms with Gasteiger partial charge in [-0.25, -0.2) is 0 Å². The van der Waals surface area contributed by atoms with Crippen molar-refractivity contribution in [3.63, 3.8) is 0 Å². The molecule has 3 N–H and O–H groups in total. The minimum Gasteiger partial charge on any atom is -0.378 e. The number of rotatable bonds is 4. The van der Waals surface area contributed by atoms with Crippen LogP contribution >= 0.6 is 0 Å². The summed E-state index contributed by atoms with van der Waals surface area (Å²) in [5.41, 5.74) is 6.97. The Bertz CT molecular complexity index is 385. The van der Waals surface area contributed by atoms with E-state index in [9.17, 15) is 0 Å². The highest BCUT2D eigenvalue weighted by atomic mass is 16.5. The van der Waals surface area contributed by atoms with Crippen LogP contribution in [-0.4, -0.2) is 18.8 Å². The standard InChI is InChI=1S/C15H24N2O/c1-10-6-11(2)8-13(7-10)9-15(17-16)14-4-5-18-12(14)3/h6-8,12,14-15,17H,4-5,9,16H2,1-3H3. The molecule has 0 bridgehead atoms. The molecule has 1 aromatic carbocycles. The summed E-state index contributed by atoms with van der Waals surface area (Å²) in [6.07, 6.45) is 2.37. The van der Waals surface area contributed by atoms with E-state index in [0.717, 1.165) is 19.4 Å². The average Bonchev–Trinajstić information content (AvgIpc) is 2.71. The summed E-state index contributed by atoms with van der Waals surface area (Å²) in [5.74, 6) is 6.24. The Morgan fingerprint density at radius 2 is 2.00 bits per heavy atom. The molecule has 1 aromatic rings. The summed E-state index contributed by atoms with van der Waals surface area (Å²) in [5, 5.41) is 0. The molecule has 18 heavy (non-hydrogen) atoms. The minimum atomic E-state index is 0.295. The molecule has 1 aliphatic rings. The number of hydrogen-bond donors (Lipinski definition) is 2. The Hall–Kier alpha value is -0.900. The Kier molecular flexibility index (Phi) is 4.38. The van der Waals surface area contributed by atoms with Gasteiger partial charge in [0, 0.05) is 18.6 Å². The second-order valence-corrected chi connectivity index (χ2v) is 5.50. The second-order valence-electron chi connectivity index (χ2n) is 5.50. The molecule has 3 atom stereocenters. The molecule has 0 radical (unpaired) electrons. The van der Waals surface area contributed by atoms with Crippen LogP contribution in [0.1, 0.15) is 30.0 Å². The summed E-state index contributed by atoms with van der Waals surface area (Å²) in [7, 11) is 0. The first-order chi connectivity index (χ1) is 8.60. The fourth-order valence-electron chi connectivity index (χ4n) is 3.05. The number of ether oxygens (including phenoxy) is 1. The van der Waals surface area contributed by atoms with E-state index in [-0.39, 0.29) is 0 Å². The van der Waals surface area contributed by atoms with E-state index >= 15 is 0 Å². The lowest BCUT2D eigenvalue weighted by Crippen LogP contribution is -2.44. The highest BCUT2D eigenvalue weighted by Gasteiger charge is 2.31. The summed E-state index contributed by atoms with van der Waals surface area (Å²) in [6.45, 7) is 7.28. The Morgan fingerprint density at radius 3 is 2.50 bits per heavy atom. The van der Waals surface area contributed by atoms with Gasteiger partial charge in [-0.2, -0.15) is 0 Å². The van der Waals surface area contributed by atoms with Gasteiger partial charge in [0.2, 0.25) is 0 Å². The van der Waals surface area contributed by atoms with Gasteiger partial charge in [-0.15, -0.1) is 0 Å². The van der Waals surface area contributed by atoms with Crippen molar-refractivity contribution in [3.8, 4) is 0 Å². The highest BCUT2D eigenvalue weighted by Crippen LogP contribution is 2.26. The van der Waals surface area contributed by atoms with Crippen molar-refractivity contribution < 1.29 is 4.74 Å². The first-order valence-corrected chi connectivity index (χ1v) is 6.75. The number of nitrogens with one attached hydrogen (secondary N) is 1. The molecule has 1 fully saturated rings. The van der Waals surface area contributed by atoms with Crippen molar-refractivity contribution in [2.24, 2.45) is 11.8 Å². The van der Waals surface area contributed by atoms with Crippen LogP contribution in [0.2, 0.25) is 0 Å². The average molecular weight is 248 g/mol. The molecule has 1 aliphatic heterocycles. The van der Waals surface area contributed by atoms with Crippen LogP contribution in [0.4, 0.5) is 0 Å². The van der Waals surface area contributed by atoms with E-state index in [4.69, 9.17) is 10.6 Å². The van der Waals surface area contributed by atoms with Gasteiger partial charge >= 0.3 is 0 Å². The molecule has 0 aromatic heterocycles. The molecule has 0 amide bonds. The molecule has 1 saturated heterocycles. The lowest BCUT2D eigenvalue weighted by atomic mass is 9.88. The molecule has 3 heteroatoms. The van der Waals surface area contributed by atoms with Gasteiger partial charge in [-0.1, -0.05) is 29.3 Å². The molecule has 3 unspecified atom stereocenters. The number of hydrazine groups is 1. The fraction of sp³-hybridized carbons (Fsp3) is 0.600. The van der Waals surface area contributed by atoms with Crippen molar-refractivity contribution in [1.82, 2.24) is 5.43 Å². The van der Waals surface area contributed by atoms with Crippen LogP contribution in [0, 0.1) is 19.8 Å². The van der Waals surface area contributed by atoms with E-state index in [1.807, 2.05) is 0 Å². The van der Waals surface area contributed by atoms with Crippen LogP contribution in [0.25, 0.3) is 0 Å². The lowest BCUT2D eigenvalue weighted by Gasteiger charge is -2.25. The van der Waals surface area contributed by atoms with Crippen molar-refractivity contribution in [2.45, 2.75) is 45.8 Å². The van der Waals surface area contributed by atoms with Crippen molar-refractivity contribution in [1.29, 1.82) is 0 Å². The number of hydrogen-bond acceptors (Lipinski definition) is 3. The maximum atomic E-state index is 5.73. The predicted molar refractivity (Wildman–Crippen MR) is 74.3 cm³/mol. The number of benzene rings is 1. The Labute approximate surface area is 110 Å². The SMILES string of the molecule is Cc1cc(C)cc(CC(NN)C2CCOC2C)c1. The lowest BCUT2D eigenvalue weighted by molar-refractivity contribution is 0.0954. The molecule has 0 saturated carbocycles. The minimum absolute atomic E-state index is 0.295. The summed E-state index contributed by atoms with van der Waals surface area (Å²) in [4.78, 5) is 0. The molecule has 100 valence electrons. The third kappa shape index (κ3) is 3.10. The van der Waals surface area contributed by atoms with Gasteiger partial charge in [0.1, 0.15) is 0 Å². The van der Waals surface area contributed by atoms with Crippen LogP contribution < -0.4 is 11.3 Å². The van der Waals surface area contributed by atoms with Crippen LogP contribution in [0.15, 0.2) is 18.2 Å². The van der Waals surface area contributed by atoms with Gasteiger partial charge in [0.05, 0.1) is 6.10 Å². The van der Waals surface area contributed by atoms with Crippen molar-refractivity contribution >= 4 is 0 Å². The van der Waals surface area contributed by atoms with Gasteiger partial charge < -0.3 is 4.74 Å². The summed E-state index contributed by atoms with van der Waals surface area (Å²) < 4.78 is 5.64. The van der Waals surface area contributed by atoms with Crippen molar-refractivity contribution in [3.05, 3.63) is 34.9 Å². The molecule has 1 heterocycles. The van der Waals surface area contributed by atoms with Gasteiger partial charge in [-0.3, -0.25) is 11.3 Å². The molecule has 0 spiro atoms. The van der Waals surface area contributed by atoms with Gasteiger partial charge in [-0.05, 0) is 39.2 Å². The van der Waals surface area contributed by atoms with Crippen molar-refractivity contribution in [2.75, 3.05) is 6.61 Å². The zero-order valence-electron chi connectivity index (χ0n) is 11.6. The first-order valence-electron chi connectivity index (χ1n) is 6.75. The third-order valence-corrected chi connectivity index (χ3v) is 3.90. The molecular weight excluding hydrogens is 224 g/mol. The fourth-order valence-corrected chi connectivity index (χ4v) is 3.05. The number of nitrogens with two attached hydrogens (primary N) is 1. The zero-order chi connectivity index (χ0) is 13.1. The smallest absolute Gasteiger partial charge is 0.0591 e. The van der Waals surface area contributed by atoms with E-state index in [1.165, 1.54) is 16.7 Å².